The molecule has 2 rings (SSSR count). The van der Waals surface area contributed by atoms with E-state index in [2.05, 4.69) is 15.4 Å². The summed E-state index contributed by atoms with van der Waals surface area (Å²) in [6, 6.07) is 3.75. The fraction of sp³-hybridized carbons (Fsp3) is 0.100. The van der Waals surface area contributed by atoms with Crippen LogP contribution in [0.25, 0.3) is 11.3 Å². The molecule has 7 heteroatoms. The van der Waals surface area contributed by atoms with Crippen molar-refractivity contribution in [1.82, 2.24) is 15.4 Å². The van der Waals surface area contributed by atoms with E-state index in [0.717, 1.165) is 6.07 Å². The molecule has 17 heavy (non-hydrogen) atoms. The van der Waals surface area contributed by atoms with Crippen LogP contribution in [0.1, 0.15) is 10.5 Å². The maximum absolute atomic E-state index is 13.1. The smallest absolute Gasteiger partial charge is 0.358 e. The molecule has 0 spiro atoms. The van der Waals surface area contributed by atoms with Gasteiger partial charge in [-0.3, -0.25) is 0 Å². The Hall–Kier alpha value is -2.44. The van der Waals surface area contributed by atoms with Crippen molar-refractivity contribution in [3.05, 3.63) is 29.7 Å². The van der Waals surface area contributed by atoms with E-state index in [0.29, 0.717) is 5.75 Å². The van der Waals surface area contributed by atoms with Crippen LogP contribution in [0.2, 0.25) is 0 Å². The number of carboxylic acid groups (broad SMARTS) is 1. The third-order valence-electron chi connectivity index (χ3n) is 2.17. The highest BCUT2D eigenvalue weighted by atomic mass is 19.1. The van der Waals surface area contributed by atoms with Crippen molar-refractivity contribution >= 4 is 5.97 Å². The molecule has 0 aliphatic carbocycles. The Morgan fingerprint density at radius 3 is 2.88 bits per heavy atom. The second-order valence-corrected chi connectivity index (χ2v) is 3.17. The zero-order valence-electron chi connectivity index (χ0n) is 8.77. The lowest BCUT2D eigenvalue weighted by Gasteiger charge is -2.06. The van der Waals surface area contributed by atoms with Gasteiger partial charge < -0.3 is 9.84 Å². The predicted molar refractivity (Wildman–Crippen MR) is 55.3 cm³/mol. The molecular formula is C10H8FN3O3. The van der Waals surface area contributed by atoms with Gasteiger partial charge in [0.1, 0.15) is 17.3 Å². The van der Waals surface area contributed by atoms with E-state index in [4.69, 9.17) is 9.84 Å². The number of ether oxygens (including phenoxy) is 1. The number of nitrogens with zero attached hydrogens (tertiary/aromatic N) is 2. The van der Waals surface area contributed by atoms with Gasteiger partial charge in [-0.1, -0.05) is 0 Å². The van der Waals surface area contributed by atoms with Crippen molar-refractivity contribution in [2.75, 3.05) is 7.11 Å². The van der Waals surface area contributed by atoms with Crippen LogP contribution in [0.15, 0.2) is 18.2 Å². The van der Waals surface area contributed by atoms with Crippen LogP contribution in [0.3, 0.4) is 0 Å². The van der Waals surface area contributed by atoms with Crippen LogP contribution in [0, 0.1) is 5.82 Å². The third-order valence-corrected chi connectivity index (χ3v) is 2.17. The monoisotopic (exact) mass is 237 g/mol. The molecule has 6 nitrogen and oxygen atoms in total. The molecule has 1 aromatic carbocycles. The Labute approximate surface area is 95.0 Å². The standard InChI is InChI=1S/C10H8FN3O3/c1-17-7-3-2-5(11)4-6(7)8-9(10(15)16)13-14-12-8/h2-4H,1H3,(H,15,16)(H,12,13,14). The van der Waals surface area contributed by atoms with Crippen molar-refractivity contribution in [1.29, 1.82) is 0 Å². The molecule has 0 aliphatic rings. The van der Waals surface area contributed by atoms with Gasteiger partial charge >= 0.3 is 5.97 Å². The zero-order valence-corrected chi connectivity index (χ0v) is 8.77. The SMILES string of the molecule is COc1ccc(F)cc1-c1n[nH]nc1C(=O)O. The second kappa shape index (κ2) is 4.20. The number of benzene rings is 1. The molecule has 0 saturated heterocycles. The number of hydrogen-bond donors (Lipinski definition) is 2. The highest BCUT2D eigenvalue weighted by Crippen LogP contribution is 2.30. The second-order valence-electron chi connectivity index (χ2n) is 3.17. The summed E-state index contributed by atoms with van der Waals surface area (Å²) < 4.78 is 18.2. The summed E-state index contributed by atoms with van der Waals surface area (Å²) in [5.41, 5.74) is -0.0126. The average molecular weight is 237 g/mol. The first kappa shape index (κ1) is 11.1. The minimum Gasteiger partial charge on any atom is -0.496 e. The van der Waals surface area contributed by atoms with Gasteiger partial charge in [0.25, 0.3) is 0 Å². The molecule has 1 heterocycles. The summed E-state index contributed by atoms with van der Waals surface area (Å²) in [6.45, 7) is 0. The zero-order chi connectivity index (χ0) is 12.4. The summed E-state index contributed by atoms with van der Waals surface area (Å²) in [6.07, 6.45) is 0. The van der Waals surface area contributed by atoms with Crippen LogP contribution < -0.4 is 4.74 Å². The van der Waals surface area contributed by atoms with Gasteiger partial charge in [-0.25, -0.2) is 9.18 Å². The average Bonchev–Trinajstić information content (AvgIpc) is 2.77. The van der Waals surface area contributed by atoms with Gasteiger partial charge in [0.2, 0.25) is 0 Å². The molecule has 2 N–H and O–H groups in total. The van der Waals surface area contributed by atoms with E-state index in [1.54, 1.807) is 0 Å². The lowest BCUT2D eigenvalue weighted by atomic mass is 10.1. The summed E-state index contributed by atoms with van der Waals surface area (Å²) >= 11 is 0. The van der Waals surface area contributed by atoms with Crippen molar-refractivity contribution in [3.8, 4) is 17.0 Å². The van der Waals surface area contributed by atoms with E-state index in [1.807, 2.05) is 0 Å². The quantitative estimate of drug-likeness (QED) is 0.840. The van der Waals surface area contributed by atoms with Crippen molar-refractivity contribution in [2.45, 2.75) is 0 Å². The van der Waals surface area contributed by atoms with Crippen LogP contribution in [0.5, 0.6) is 5.75 Å². The van der Waals surface area contributed by atoms with Gasteiger partial charge in [0.05, 0.1) is 7.11 Å². The molecular weight excluding hydrogens is 229 g/mol. The fourth-order valence-electron chi connectivity index (χ4n) is 1.43. The lowest BCUT2D eigenvalue weighted by molar-refractivity contribution is 0.0691. The maximum atomic E-state index is 13.1. The molecule has 0 amide bonds. The molecule has 1 aromatic heterocycles. The minimum absolute atomic E-state index is 0.0360. The molecule has 0 radical (unpaired) electrons. The summed E-state index contributed by atoms with van der Waals surface area (Å²) in [5.74, 6) is -1.44. The summed E-state index contributed by atoms with van der Waals surface area (Å²) in [4.78, 5) is 10.9. The Morgan fingerprint density at radius 1 is 1.47 bits per heavy atom. The number of carboxylic acids is 1. The van der Waals surface area contributed by atoms with Crippen molar-refractivity contribution in [3.63, 3.8) is 0 Å². The number of aromatic carboxylic acids is 1. The lowest BCUT2D eigenvalue weighted by Crippen LogP contribution is -2.00. The molecule has 0 atom stereocenters. The molecule has 0 unspecified atom stereocenters. The number of aromatic amines is 1. The van der Waals surface area contributed by atoms with E-state index in [9.17, 15) is 9.18 Å². The number of H-pyrrole nitrogens is 1. The normalized spacial score (nSPS) is 10.2. The van der Waals surface area contributed by atoms with Gasteiger partial charge in [-0.2, -0.15) is 10.3 Å². The number of rotatable bonds is 3. The van der Waals surface area contributed by atoms with Gasteiger partial charge in [0.15, 0.2) is 5.69 Å². The number of nitrogens with one attached hydrogen (secondary N) is 1. The first-order valence-electron chi connectivity index (χ1n) is 4.61. The number of methoxy groups -OCH3 is 1. The van der Waals surface area contributed by atoms with E-state index in [-0.39, 0.29) is 17.0 Å². The fourth-order valence-corrected chi connectivity index (χ4v) is 1.43. The van der Waals surface area contributed by atoms with E-state index < -0.39 is 11.8 Å². The minimum atomic E-state index is -1.25. The van der Waals surface area contributed by atoms with Gasteiger partial charge in [0, 0.05) is 5.56 Å². The third kappa shape index (κ3) is 1.94. The molecule has 0 fully saturated rings. The van der Waals surface area contributed by atoms with Crippen LogP contribution >= 0.6 is 0 Å². The first-order chi connectivity index (χ1) is 8.13. The Balaban J connectivity index is 2.63. The summed E-state index contributed by atoms with van der Waals surface area (Å²) in [5, 5.41) is 18.3. The summed E-state index contributed by atoms with van der Waals surface area (Å²) in [7, 11) is 1.40. The molecule has 0 bridgehead atoms. The van der Waals surface area contributed by atoms with Crippen LogP contribution in [0.4, 0.5) is 4.39 Å². The Kier molecular flexibility index (Phi) is 2.73. The number of hydrogen-bond acceptors (Lipinski definition) is 4. The highest BCUT2D eigenvalue weighted by Gasteiger charge is 2.20. The molecule has 0 saturated carbocycles. The van der Waals surface area contributed by atoms with Gasteiger partial charge in [-0.05, 0) is 18.2 Å². The topological polar surface area (TPSA) is 88.1 Å². The van der Waals surface area contributed by atoms with E-state index >= 15 is 0 Å². The maximum Gasteiger partial charge on any atom is 0.358 e. The Bertz CT molecular complexity index is 568. The van der Waals surface area contributed by atoms with Gasteiger partial charge in [-0.15, -0.1) is 5.10 Å². The number of halogens is 1. The largest absolute Gasteiger partial charge is 0.496 e. The highest BCUT2D eigenvalue weighted by molar-refractivity contribution is 5.93. The first-order valence-corrected chi connectivity index (χ1v) is 4.61. The van der Waals surface area contributed by atoms with Crippen molar-refractivity contribution in [2.24, 2.45) is 0 Å². The van der Waals surface area contributed by atoms with Crippen LogP contribution in [-0.2, 0) is 0 Å². The Morgan fingerprint density at radius 2 is 2.24 bits per heavy atom. The van der Waals surface area contributed by atoms with Crippen molar-refractivity contribution < 1.29 is 19.0 Å². The van der Waals surface area contributed by atoms with Crippen LogP contribution in [-0.4, -0.2) is 33.6 Å². The number of aromatic nitrogens is 3. The molecule has 88 valence electrons. The number of carbonyl (C=O) groups is 1. The molecule has 2 aromatic rings. The predicted octanol–water partition coefficient (Wildman–Crippen LogP) is 1.32. The molecule has 0 aliphatic heterocycles. The van der Waals surface area contributed by atoms with E-state index in [1.165, 1.54) is 19.2 Å².